The number of hydrogen-bond donors (Lipinski definition) is 1. The molecule has 4 nitrogen and oxygen atoms in total. The number of hydrogen-bond acceptors (Lipinski definition) is 4. The minimum Gasteiger partial charge on any atom is -0.465 e. The average Bonchev–Trinajstić information content (AvgIpc) is 2.54. The quantitative estimate of drug-likeness (QED) is 0.679. The van der Waals surface area contributed by atoms with Gasteiger partial charge in [0.15, 0.2) is 0 Å². The Labute approximate surface area is 124 Å². The lowest BCUT2D eigenvalue weighted by atomic mass is 10.00. The van der Waals surface area contributed by atoms with Crippen molar-refractivity contribution in [2.75, 3.05) is 24.3 Å². The van der Waals surface area contributed by atoms with Crippen molar-refractivity contribution in [3.8, 4) is 0 Å². The molecule has 0 aromatic heterocycles. The largest absolute Gasteiger partial charge is 0.465 e. The second kappa shape index (κ2) is 5.48. The summed E-state index contributed by atoms with van der Waals surface area (Å²) in [6, 6.07) is 13.8. The van der Waals surface area contributed by atoms with Crippen LogP contribution >= 0.6 is 0 Å². The lowest BCUT2D eigenvalue weighted by Crippen LogP contribution is -2.25. The number of benzene rings is 2. The maximum Gasteiger partial charge on any atom is 0.340 e. The molecule has 0 saturated carbocycles. The normalized spacial score (nSPS) is 13.7. The highest BCUT2D eigenvalue weighted by molar-refractivity contribution is 5.99. The number of methoxy groups -OCH3 is 1. The first-order chi connectivity index (χ1) is 10.2. The van der Waals surface area contributed by atoms with Crippen molar-refractivity contribution in [2.45, 2.75) is 12.8 Å². The zero-order valence-corrected chi connectivity index (χ0v) is 12.0. The summed E-state index contributed by atoms with van der Waals surface area (Å²) in [6.07, 6.45) is 2.14. The van der Waals surface area contributed by atoms with E-state index in [1.807, 2.05) is 18.2 Å². The molecule has 1 aliphatic heterocycles. The van der Waals surface area contributed by atoms with Crippen LogP contribution in [0.2, 0.25) is 0 Å². The van der Waals surface area contributed by atoms with Gasteiger partial charge in [0.2, 0.25) is 0 Å². The molecule has 0 amide bonds. The van der Waals surface area contributed by atoms with Crippen LogP contribution in [0, 0.1) is 0 Å². The van der Waals surface area contributed by atoms with E-state index in [1.54, 1.807) is 6.07 Å². The van der Waals surface area contributed by atoms with Gasteiger partial charge < -0.3 is 15.4 Å². The first-order valence-electron chi connectivity index (χ1n) is 7.04. The number of aryl methyl sites for hydroxylation is 1. The number of rotatable bonds is 2. The molecule has 0 fully saturated rings. The van der Waals surface area contributed by atoms with Gasteiger partial charge in [-0.1, -0.05) is 24.3 Å². The summed E-state index contributed by atoms with van der Waals surface area (Å²) in [5, 5.41) is 0. The molecule has 0 unspecified atom stereocenters. The van der Waals surface area contributed by atoms with Crippen LogP contribution in [0.1, 0.15) is 22.3 Å². The molecule has 0 spiro atoms. The minimum atomic E-state index is -0.403. The van der Waals surface area contributed by atoms with Crippen LogP contribution in [0.3, 0.4) is 0 Å². The van der Waals surface area contributed by atoms with Crippen LogP contribution in [-0.2, 0) is 11.2 Å². The number of nitrogen functional groups attached to an aromatic ring is 1. The lowest BCUT2D eigenvalue weighted by Gasteiger charge is -2.32. The smallest absolute Gasteiger partial charge is 0.340 e. The zero-order chi connectivity index (χ0) is 14.8. The van der Waals surface area contributed by atoms with Gasteiger partial charge in [-0.05, 0) is 36.6 Å². The summed E-state index contributed by atoms with van der Waals surface area (Å²) in [4.78, 5) is 14.0. The van der Waals surface area contributed by atoms with Gasteiger partial charge in [-0.2, -0.15) is 0 Å². The highest BCUT2D eigenvalue weighted by atomic mass is 16.5. The average molecular weight is 282 g/mol. The predicted octanol–water partition coefficient (Wildman–Crippen LogP) is 3.14. The number of para-hydroxylation sites is 2. The van der Waals surface area contributed by atoms with Gasteiger partial charge in [-0.25, -0.2) is 4.79 Å². The number of ether oxygens (including phenoxy) is 1. The summed E-state index contributed by atoms with van der Waals surface area (Å²) < 4.78 is 4.79. The molecular weight excluding hydrogens is 264 g/mol. The van der Waals surface area contributed by atoms with Crippen molar-refractivity contribution in [1.82, 2.24) is 0 Å². The second-order valence-electron chi connectivity index (χ2n) is 5.11. The van der Waals surface area contributed by atoms with Crippen LogP contribution in [-0.4, -0.2) is 19.6 Å². The summed E-state index contributed by atoms with van der Waals surface area (Å²) >= 11 is 0. The maximum atomic E-state index is 11.8. The fourth-order valence-corrected chi connectivity index (χ4v) is 2.86. The van der Waals surface area contributed by atoms with Crippen LogP contribution in [0.5, 0.6) is 0 Å². The molecule has 1 aliphatic rings. The molecule has 4 heteroatoms. The highest BCUT2D eigenvalue weighted by Crippen LogP contribution is 2.37. The van der Waals surface area contributed by atoms with E-state index in [4.69, 9.17) is 10.5 Å². The van der Waals surface area contributed by atoms with E-state index in [2.05, 4.69) is 23.1 Å². The van der Waals surface area contributed by atoms with E-state index < -0.39 is 5.97 Å². The van der Waals surface area contributed by atoms with E-state index >= 15 is 0 Å². The molecule has 0 aliphatic carbocycles. The van der Waals surface area contributed by atoms with E-state index in [0.717, 1.165) is 30.8 Å². The van der Waals surface area contributed by atoms with Crippen LogP contribution in [0.4, 0.5) is 17.1 Å². The standard InChI is InChI=1S/C17H18N2O2/c1-21-17(20)13-8-4-10-15(16(13)18)19-11-5-7-12-6-2-3-9-14(12)19/h2-4,6,8-10H,5,7,11,18H2,1H3. The van der Waals surface area contributed by atoms with Gasteiger partial charge in [0.25, 0.3) is 0 Å². The third-order valence-corrected chi connectivity index (χ3v) is 3.89. The molecule has 0 bridgehead atoms. The second-order valence-corrected chi connectivity index (χ2v) is 5.11. The number of esters is 1. The van der Waals surface area contributed by atoms with Crippen molar-refractivity contribution in [3.63, 3.8) is 0 Å². The van der Waals surface area contributed by atoms with Crippen molar-refractivity contribution >= 4 is 23.0 Å². The van der Waals surface area contributed by atoms with Gasteiger partial charge in [0.05, 0.1) is 24.0 Å². The Morgan fingerprint density at radius 3 is 2.71 bits per heavy atom. The van der Waals surface area contributed by atoms with E-state index in [9.17, 15) is 4.79 Å². The Morgan fingerprint density at radius 2 is 1.90 bits per heavy atom. The monoisotopic (exact) mass is 282 g/mol. The molecule has 3 rings (SSSR count). The Balaban J connectivity index is 2.08. The maximum absolute atomic E-state index is 11.8. The molecular formula is C17H18N2O2. The zero-order valence-electron chi connectivity index (χ0n) is 12.0. The molecule has 2 aromatic rings. The van der Waals surface area contributed by atoms with Crippen LogP contribution in [0.15, 0.2) is 42.5 Å². The van der Waals surface area contributed by atoms with Crippen molar-refractivity contribution in [1.29, 1.82) is 0 Å². The molecule has 1 heterocycles. The molecule has 2 N–H and O–H groups in total. The summed E-state index contributed by atoms with van der Waals surface area (Å²) in [5.74, 6) is -0.403. The summed E-state index contributed by atoms with van der Waals surface area (Å²) in [5.41, 5.74) is 10.4. The SMILES string of the molecule is COC(=O)c1cccc(N2CCCc3ccccc32)c1N. The number of carbonyl (C=O) groups is 1. The number of anilines is 3. The molecule has 0 atom stereocenters. The van der Waals surface area contributed by atoms with Gasteiger partial charge >= 0.3 is 5.97 Å². The molecule has 108 valence electrons. The van der Waals surface area contributed by atoms with Crippen molar-refractivity contribution in [2.24, 2.45) is 0 Å². The summed E-state index contributed by atoms with van der Waals surface area (Å²) in [6.45, 7) is 0.895. The summed E-state index contributed by atoms with van der Waals surface area (Å²) in [7, 11) is 1.37. The van der Waals surface area contributed by atoms with Gasteiger partial charge in [0, 0.05) is 12.2 Å². The fraction of sp³-hybridized carbons (Fsp3) is 0.235. The number of fused-ring (bicyclic) bond motifs is 1. The van der Waals surface area contributed by atoms with Crippen molar-refractivity contribution < 1.29 is 9.53 Å². The number of nitrogens with two attached hydrogens (primary N) is 1. The van der Waals surface area contributed by atoms with Gasteiger partial charge in [-0.3, -0.25) is 0 Å². The first kappa shape index (κ1) is 13.5. The molecule has 0 radical (unpaired) electrons. The number of carbonyl (C=O) groups excluding carboxylic acids is 1. The number of nitrogens with zero attached hydrogens (tertiary/aromatic N) is 1. The minimum absolute atomic E-state index is 0.403. The third-order valence-electron chi connectivity index (χ3n) is 3.89. The lowest BCUT2D eigenvalue weighted by molar-refractivity contribution is 0.0602. The molecule has 21 heavy (non-hydrogen) atoms. The first-order valence-corrected chi connectivity index (χ1v) is 7.04. The molecule has 2 aromatic carbocycles. The highest BCUT2D eigenvalue weighted by Gasteiger charge is 2.22. The van der Waals surface area contributed by atoms with Gasteiger partial charge in [-0.15, -0.1) is 0 Å². The third kappa shape index (κ3) is 2.33. The van der Waals surface area contributed by atoms with E-state index in [1.165, 1.54) is 12.7 Å². The van der Waals surface area contributed by atoms with Crippen LogP contribution < -0.4 is 10.6 Å². The Bertz CT molecular complexity index is 682. The van der Waals surface area contributed by atoms with Gasteiger partial charge in [0.1, 0.15) is 0 Å². The van der Waals surface area contributed by atoms with E-state index in [-0.39, 0.29) is 0 Å². The fourth-order valence-electron chi connectivity index (χ4n) is 2.86. The Hall–Kier alpha value is -2.49. The van der Waals surface area contributed by atoms with Crippen LogP contribution in [0.25, 0.3) is 0 Å². The van der Waals surface area contributed by atoms with Crippen molar-refractivity contribution in [3.05, 3.63) is 53.6 Å². The Kier molecular flexibility index (Phi) is 3.52. The Morgan fingerprint density at radius 1 is 1.14 bits per heavy atom. The van der Waals surface area contributed by atoms with E-state index in [0.29, 0.717) is 11.3 Å². The topological polar surface area (TPSA) is 55.6 Å². The predicted molar refractivity (Wildman–Crippen MR) is 84.0 cm³/mol. The molecule has 0 saturated heterocycles.